The van der Waals surface area contributed by atoms with Crippen LogP contribution in [0.3, 0.4) is 0 Å². The fourth-order valence-electron chi connectivity index (χ4n) is 1.74. The highest BCUT2D eigenvalue weighted by Crippen LogP contribution is 2.05. The van der Waals surface area contributed by atoms with Crippen molar-refractivity contribution in [2.24, 2.45) is 5.92 Å². The number of aromatic nitrogens is 1. The zero-order valence-corrected chi connectivity index (χ0v) is 11.7. The van der Waals surface area contributed by atoms with Crippen LogP contribution in [0.15, 0.2) is 18.3 Å². The van der Waals surface area contributed by atoms with E-state index in [0.29, 0.717) is 12.0 Å². The van der Waals surface area contributed by atoms with Crippen molar-refractivity contribution in [2.75, 3.05) is 20.6 Å². The normalized spacial score (nSPS) is 13.4. The molecule has 0 bridgehead atoms. The lowest BCUT2D eigenvalue weighted by atomic mass is 10.0. The minimum absolute atomic E-state index is 0.508. The van der Waals surface area contributed by atoms with E-state index in [0.717, 1.165) is 18.8 Å². The average molecular weight is 235 g/mol. The largest absolute Gasteiger partial charge is 0.308 e. The van der Waals surface area contributed by atoms with Crippen molar-refractivity contribution in [3.05, 3.63) is 29.6 Å². The van der Waals surface area contributed by atoms with E-state index in [1.807, 2.05) is 6.20 Å². The predicted octanol–water partition coefficient (Wildman–Crippen LogP) is 2.07. The smallest absolute Gasteiger partial charge is 0.0541 e. The molecule has 1 N–H and O–H groups in total. The van der Waals surface area contributed by atoms with Crippen LogP contribution >= 0.6 is 0 Å². The van der Waals surface area contributed by atoms with Crippen molar-refractivity contribution < 1.29 is 0 Å². The van der Waals surface area contributed by atoms with Gasteiger partial charge in [-0.05, 0) is 38.6 Å². The minimum atomic E-state index is 0.508. The number of aryl methyl sites for hydroxylation is 1. The number of pyridine rings is 1. The summed E-state index contributed by atoms with van der Waals surface area (Å²) in [7, 11) is 4.22. The molecule has 1 atom stereocenters. The van der Waals surface area contributed by atoms with Crippen LogP contribution in [0, 0.1) is 12.8 Å². The third-order valence-corrected chi connectivity index (χ3v) is 2.88. The number of hydrogen-bond donors (Lipinski definition) is 1. The molecule has 0 aliphatic carbocycles. The summed E-state index contributed by atoms with van der Waals surface area (Å²) in [6, 6.07) is 4.71. The van der Waals surface area contributed by atoms with Crippen molar-refractivity contribution in [2.45, 2.75) is 33.4 Å². The van der Waals surface area contributed by atoms with E-state index in [-0.39, 0.29) is 0 Å². The fourth-order valence-corrected chi connectivity index (χ4v) is 1.74. The van der Waals surface area contributed by atoms with E-state index >= 15 is 0 Å². The van der Waals surface area contributed by atoms with Crippen LogP contribution < -0.4 is 5.32 Å². The molecule has 0 amide bonds. The molecule has 0 fully saturated rings. The number of likely N-dealkylation sites (N-methyl/N-ethyl adjacent to an activating group) is 1. The van der Waals surface area contributed by atoms with Crippen LogP contribution in [0.5, 0.6) is 0 Å². The van der Waals surface area contributed by atoms with Crippen LogP contribution in [-0.4, -0.2) is 36.6 Å². The lowest BCUT2D eigenvalue weighted by molar-refractivity contribution is 0.287. The summed E-state index contributed by atoms with van der Waals surface area (Å²) in [6.07, 6.45) is 1.92. The SMILES string of the molecule is Cc1ccc(CNC(CN(C)C)C(C)C)nc1. The van der Waals surface area contributed by atoms with Crippen molar-refractivity contribution in [3.8, 4) is 0 Å². The van der Waals surface area contributed by atoms with E-state index in [2.05, 4.69) is 62.2 Å². The summed E-state index contributed by atoms with van der Waals surface area (Å²) in [6.45, 7) is 8.47. The zero-order chi connectivity index (χ0) is 12.8. The second-order valence-corrected chi connectivity index (χ2v) is 5.32. The molecule has 1 rings (SSSR count). The summed E-state index contributed by atoms with van der Waals surface area (Å²) in [5.41, 5.74) is 2.32. The van der Waals surface area contributed by atoms with Crippen LogP contribution in [0.1, 0.15) is 25.1 Å². The maximum absolute atomic E-state index is 4.41. The average Bonchev–Trinajstić information content (AvgIpc) is 2.25. The van der Waals surface area contributed by atoms with Crippen LogP contribution in [-0.2, 0) is 6.54 Å². The van der Waals surface area contributed by atoms with Gasteiger partial charge in [-0.2, -0.15) is 0 Å². The van der Waals surface area contributed by atoms with Gasteiger partial charge in [0.2, 0.25) is 0 Å². The van der Waals surface area contributed by atoms with E-state index in [4.69, 9.17) is 0 Å². The van der Waals surface area contributed by atoms with E-state index in [1.54, 1.807) is 0 Å². The fraction of sp³-hybridized carbons (Fsp3) is 0.643. The Balaban J connectivity index is 2.48. The van der Waals surface area contributed by atoms with Crippen LogP contribution in [0.2, 0.25) is 0 Å². The summed E-state index contributed by atoms with van der Waals surface area (Å²) >= 11 is 0. The van der Waals surface area contributed by atoms with Gasteiger partial charge in [0.25, 0.3) is 0 Å². The summed E-state index contributed by atoms with van der Waals surface area (Å²) in [5, 5.41) is 3.58. The summed E-state index contributed by atoms with van der Waals surface area (Å²) < 4.78 is 0. The summed E-state index contributed by atoms with van der Waals surface area (Å²) in [5.74, 6) is 0.628. The van der Waals surface area contributed by atoms with Gasteiger partial charge in [0.05, 0.1) is 5.69 Å². The molecule has 0 aliphatic rings. The number of hydrogen-bond acceptors (Lipinski definition) is 3. The van der Waals surface area contributed by atoms with Gasteiger partial charge in [0, 0.05) is 25.3 Å². The molecule has 3 nitrogen and oxygen atoms in total. The lowest BCUT2D eigenvalue weighted by Gasteiger charge is -2.25. The highest BCUT2D eigenvalue weighted by Gasteiger charge is 2.13. The van der Waals surface area contributed by atoms with E-state index < -0.39 is 0 Å². The number of nitrogens with zero attached hydrogens (tertiary/aromatic N) is 2. The molecule has 1 unspecified atom stereocenters. The molecule has 1 aromatic rings. The predicted molar refractivity (Wildman–Crippen MR) is 73.0 cm³/mol. The lowest BCUT2D eigenvalue weighted by Crippen LogP contribution is -2.41. The van der Waals surface area contributed by atoms with Crippen molar-refractivity contribution in [1.82, 2.24) is 15.2 Å². The van der Waals surface area contributed by atoms with Gasteiger partial charge in [-0.3, -0.25) is 4.98 Å². The number of rotatable bonds is 6. The monoisotopic (exact) mass is 235 g/mol. The maximum Gasteiger partial charge on any atom is 0.0541 e. The van der Waals surface area contributed by atoms with Crippen LogP contribution in [0.4, 0.5) is 0 Å². The van der Waals surface area contributed by atoms with Crippen molar-refractivity contribution in [1.29, 1.82) is 0 Å². The highest BCUT2D eigenvalue weighted by atomic mass is 15.1. The molecule has 0 aliphatic heterocycles. The van der Waals surface area contributed by atoms with Gasteiger partial charge < -0.3 is 10.2 Å². The Morgan fingerprint density at radius 1 is 1.29 bits per heavy atom. The Morgan fingerprint density at radius 2 is 2.00 bits per heavy atom. The first kappa shape index (κ1) is 14.1. The van der Waals surface area contributed by atoms with Crippen LogP contribution in [0.25, 0.3) is 0 Å². The Hall–Kier alpha value is -0.930. The molecule has 0 spiro atoms. The van der Waals surface area contributed by atoms with Gasteiger partial charge in [0.1, 0.15) is 0 Å². The second kappa shape index (κ2) is 6.72. The topological polar surface area (TPSA) is 28.2 Å². The molecule has 1 heterocycles. The minimum Gasteiger partial charge on any atom is -0.308 e. The Bertz CT molecular complexity index is 317. The summed E-state index contributed by atoms with van der Waals surface area (Å²) in [4.78, 5) is 6.64. The Morgan fingerprint density at radius 3 is 2.47 bits per heavy atom. The first-order chi connectivity index (χ1) is 7.99. The van der Waals surface area contributed by atoms with Gasteiger partial charge in [-0.25, -0.2) is 0 Å². The third-order valence-electron chi connectivity index (χ3n) is 2.88. The second-order valence-electron chi connectivity index (χ2n) is 5.32. The highest BCUT2D eigenvalue weighted by molar-refractivity contribution is 5.12. The molecule has 0 saturated heterocycles. The molecular weight excluding hydrogens is 210 g/mol. The van der Waals surface area contributed by atoms with Crippen molar-refractivity contribution in [3.63, 3.8) is 0 Å². The first-order valence-electron chi connectivity index (χ1n) is 6.28. The van der Waals surface area contributed by atoms with Gasteiger partial charge in [-0.15, -0.1) is 0 Å². The molecule has 0 saturated carbocycles. The first-order valence-corrected chi connectivity index (χ1v) is 6.28. The molecule has 0 aromatic carbocycles. The third kappa shape index (κ3) is 5.29. The number of nitrogens with one attached hydrogen (secondary N) is 1. The van der Waals surface area contributed by atoms with Gasteiger partial charge in [-0.1, -0.05) is 19.9 Å². The Kier molecular flexibility index (Phi) is 5.59. The molecule has 1 aromatic heterocycles. The zero-order valence-electron chi connectivity index (χ0n) is 11.7. The molecule has 3 heteroatoms. The van der Waals surface area contributed by atoms with Crippen molar-refractivity contribution >= 4 is 0 Å². The van der Waals surface area contributed by atoms with Gasteiger partial charge >= 0.3 is 0 Å². The van der Waals surface area contributed by atoms with E-state index in [1.165, 1.54) is 5.56 Å². The molecular formula is C14H25N3. The standard InChI is InChI=1S/C14H25N3/c1-11(2)14(10-17(4)5)16-9-13-7-6-12(3)8-15-13/h6-8,11,14,16H,9-10H2,1-5H3. The quantitative estimate of drug-likeness (QED) is 0.818. The van der Waals surface area contributed by atoms with Gasteiger partial charge in [0.15, 0.2) is 0 Å². The molecule has 0 radical (unpaired) electrons. The maximum atomic E-state index is 4.41. The molecule has 17 heavy (non-hydrogen) atoms. The molecule has 96 valence electrons. The van der Waals surface area contributed by atoms with E-state index in [9.17, 15) is 0 Å². The Labute approximate surface area is 105 Å².